The van der Waals surface area contributed by atoms with Crippen molar-refractivity contribution in [3.05, 3.63) is 57.6 Å². The Bertz CT molecular complexity index is 545. The van der Waals surface area contributed by atoms with Gasteiger partial charge in [0.05, 0.1) is 21.4 Å². The summed E-state index contributed by atoms with van der Waals surface area (Å²) in [5.74, 6) is 0.0948. The summed E-state index contributed by atoms with van der Waals surface area (Å²) in [6.45, 7) is 2.09. The van der Waals surface area contributed by atoms with Gasteiger partial charge < -0.3 is 11.5 Å². The molecule has 0 aliphatic heterocycles. The molecule has 2 nitrogen and oxygen atoms in total. The van der Waals surface area contributed by atoms with Crippen LogP contribution in [0.2, 0.25) is 10.0 Å². The van der Waals surface area contributed by atoms with Crippen LogP contribution < -0.4 is 11.5 Å². The van der Waals surface area contributed by atoms with Crippen molar-refractivity contribution in [2.45, 2.75) is 19.3 Å². The van der Waals surface area contributed by atoms with E-state index in [4.69, 9.17) is 34.7 Å². The predicted octanol–water partition coefficient (Wildman–Crippen LogP) is 4.70. The van der Waals surface area contributed by atoms with E-state index in [0.717, 1.165) is 17.5 Å². The highest BCUT2D eigenvalue weighted by Crippen LogP contribution is 2.39. The van der Waals surface area contributed by atoms with Crippen LogP contribution in [0.5, 0.6) is 0 Å². The number of hydrogen-bond acceptors (Lipinski definition) is 2. The van der Waals surface area contributed by atoms with Crippen LogP contribution in [-0.4, -0.2) is 0 Å². The lowest BCUT2D eigenvalue weighted by Crippen LogP contribution is -2.07. The van der Waals surface area contributed by atoms with Gasteiger partial charge in [0.25, 0.3) is 0 Å². The molecule has 0 bridgehead atoms. The first-order valence-electron chi connectivity index (χ1n) is 6.14. The molecule has 0 unspecified atom stereocenters. The maximum atomic E-state index is 6.09. The molecule has 0 heterocycles. The second-order valence-corrected chi connectivity index (χ2v) is 5.26. The van der Waals surface area contributed by atoms with Crippen molar-refractivity contribution >= 4 is 34.6 Å². The molecule has 0 fully saturated rings. The van der Waals surface area contributed by atoms with E-state index in [-0.39, 0.29) is 5.92 Å². The van der Waals surface area contributed by atoms with E-state index in [1.165, 1.54) is 0 Å². The molecule has 0 aliphatic carbocycles. The molecule has 0 saturated carbocycles. The minimum Gasteiger partial charge on any atom is -0.397 e. The molecule has 4 heteroatoms. The molecule has 0 radical (unpaired) electrons. The van der Waals surface area contributed by atoms with Crippen molar-refractivity contribution in [3.8, 4) is 0 Å². The lowest BCUT2D eigenvalue weighted by atomic mass is 9.87. The van der Waals surface area contributed by atoms with Crippen molar-refractivity contribution in [1.82, 2.24) is 0 Å². The number of benzene rings is 2. The maximum Gasteiger partial charge on any atom is 0.0638 e. The molecule has 2 aromatic rings. The van der Waals surface area contributed by atoms with Gasteiger partial charge in [0.2, 0.25) is 0 Å². The summed E-state index contributed by atoms with van der Waals surface area (Å²) in [5.41, 5.74) is 15.4. The van der Waals surface area contributed by atoms with Gasteiger partial charge in [-0.1, -0.05) is 54.4 Å². The summed E-state index contributed by atoms with van der Waals surface area (Å²) >= 11 is 12.2. The van der Waals surface area contributed by atoms with Crippen molar-refractivity contribution in [2.24, 2.45) is 0 Å². The Morgan fingerprint density at radius 2 is 1.32 bits per heavy atom. The van der Waals surface area contributed by atoms with E-state index >= 15 is 0 Å². The Kier molecular flexibility index (Phi) is 4.23. The Hall–Kier alpha value is -1.38. The fourth-order valence-corrected chi connectivity index (χ4v) is 2.69. The third-order valence-electron chi connectivity index (χ3n) is 3.33. The predicted molar refractivity (Wildman–Crippen MR) is 83.9 cm³/mol. The third-order valence-corrected chi connectivity index (χ3v) is 3.99. The molecule has 0 amide bonds. The second kappa shape index (κ2) is 5.72. The van der Waals surface area contributed by atoms with Gasteiger partial charge in [-0.3, -0.25) is 0 Å². The van der Waals surface area contributed by atoms with Gasteiger partial charge in [-0.15, -0.1) is 0 Å². The number of nitrogen functional groups attached to an aromatic ring is 2. The van der Waals surface area contributed by atoms with Crippen LogP contribution in [0.1, 0.15) is 30.4 Å². The summed E-state index contributed by atoms with van der Waals surface area (Å²) in [6.07, 6.45) is 0.870. The molecule has 19 heavy (non-hydrogen) atoms. The molecule has 0 aromatic heterocycles. The zero-order chi connectivity index (χ0) is 14.0. The molecule has 2 rings (SSSR count). The smallest absolute Gasteiger partial charge is 0.0638 e. The topological polar surface area (TPSA) is 52.0 Å². The first-order valence-corrected chi connectivity index (χ1v) is 6.89. The maximum absolute atomic E-state index is 6.09. The molecule has 0 spiro atoms. The zero-order valence-electron chi connectivity index (χ0n) is 10.7. The molecule has 0 atom stereocenters. The number of anilines is 2. The average Bonchev–Trinajstić information content (AvgIpc) is 2.40. The van der Waals surface area contributed by atoms with Gasteiger partial charge in [0.15, 0.2) is 0 Å². The number of nitrogens with two attached hydrogens (primary N) is 2. The first-order chi connectivity index (χ1) is 9.06. The standard InChI is InChI=1S/C15H16Cl2N2/c1-2-9(10-5-3-7-12(16)14(10)18)11-6-4-8-13(17)15(11)19/h3-9H,2,18-19H2,1H3. The van der Waals surface area contributed by atoms with E-state index < -0.39 is 0 Å². The summed E-state index contributed by atoms with van der Waals surface area (Å²) < 4.78 is 0. The quantitative estimate of drug-likeness (QED) is 0.806. The second-order valence-electron chi connectivity index (χ2n) is 4.45. The van der Waals surface area contributed by atoms with Crippen LogP contribution in [0.4, 0.5) is 11.4 Å². The molecule has 100 valence electrons. The van der Waals surface area contributed by atoms with Crippen LogP contribution in [0.25, 0.3) is 0 Å². The molecular weight excluding hydrogens is 279 g/mol. The average molecular weight is 295 g/mol. The lowest BCUT2D eigenvalue weighted by molar-refractivity contribution is 0.782. The number of halogens is 2. The van der Waals surface area contributed by atoms with Crippen LogP contribution in [0.3, 0.4) is 0 Å². The van der Waals surface area contributed by atoms with Crippen LogP contribution in [0.15, 0.2) is 36.4 Å². The summed E-state index contributed by atoms with van der Waals surface area (Å²) in [6, 6.07) is 11.3. The van der Waals surface area contributed by atoms with Crippen molar-refractivity contribution in [3.63, 3.8) is 0 Å². The van der Waals surface area contributed by atoms with Crippen molar-refractivity contribution in [2.75, 3.05) is 11.5 Å². The fourth-order valence-electron chi connectivity index (χ4n) is 2.32. The highest BCUT2D eigenvalue weighted by molar-refractivity contribution is 6.33. The fraction of sp³-hybridized carbons (Fsp3) is 0.200. The monoisotopic (exact) mass is 294 g/mol. The van der Waals surface area contributed by atoms with Gasteiger partial charge in [-0.2, -0.15) is 0 Å². The third kappa shape index (κ3) is 2.65. The summed E-state index contributed by atoms with van der Waals surface area (Å²) in [4.78, 5) is 0. The Morgan fingerprint density at radius 1 is 0.895 bits per heavy atom. The first kappa shape index (κ1) is 14.0. The molecule has 0 aliphatic rings. The van der Waals surface area contributed by atoms with E-state index in [2.05, 4.69) is 6.92 Å². The summed E-state index contributed by atoms with van der Waals surface area (Å²) in [5, 5.41) is 1.13. The molecule has 0 saturated heterocycles. The molecule has 2 aromatic carbocycles. The van der Waals surface area contributed by atoms with Crippen LogP contribution in [-0.2, 0) is 0 Å². The van der Waals surface area contributed by atoms with Gasteiger partial charge >= 0.3 is 0 Å². The normalized spacial score (nSPS) is 10.9. The minimum atomic E-state index is 0.0948. The highest BCUT2D eigenvalue weighted by Gasteiger charge is 2.19. The summed E-state index contributed by atoms with van der Waals surface area (Å²) in [7, 11) is 0. The van der Waals surface area contributed by atoms with Crippen molar-refractivity contribution in [1.29, 1.82) is 0 Å². The lowest BCUT2D eigenvalue weighted by Gasteiger charge is -2.20. The Morgan fingerprint density at radius 3 is 1.68 bits per heavy atom. The van der Waals surface area contributed by atoms with E-state index in [1.807, 2.05) is 24.3 Å². The highest BCUT2D eigenvalue weighted by atomic mass is 35.5. The zero-order valence-corrected chi connectivity index (χ0v) is 12.2. The minimum absolute atomic E-state index is 0.0948. The number of para-hydroxylation sites is 2. The number of rotatable bonds is 3. The Balaban J connectivity index is 2.57. The number of hydrogen-bond donors (Lipinski definition) is 2. The van der Waals surface area contributed by atoms with Crippen molar-refractivity contribution < 1.29 is 0 Å². The SMILES string of the molecule is CCC(c1cccc(Cl)c1N)c1cccc(Cl)c1N. The van der Waals surface area contributed by atoms with Gasteiger partial charge in [0.1, 0.15) is 0 Å². The van der Waals surface area contributed by atoms with Gasteiger partial charge in [-0.05, 0) is 29.7 Å². The van der Waals surface area contributed by atoms with E-state index in [9.17, 15) is 0 Å². The van der Waals surface area contributed by atoms with Gasteiger partial charge in [0, 0.05) is 5.92 Å². The van der Waals surface area contributed by atoms with Gasteiger partial charge in [-0.25, -0.2) is 0 Å². The Labute approximate surface area is 123 Å². The van der Waals surface area contributed by atoms with Crippen LogP contribution in [0, 0.1) is 0 Å². The molecule has 4 N–H and O–H groups in total. The van der Waals surface area contributed by atoms with E-state index in [0.29, 0.717) is 21.4 Å². The largest absolute Gasteiger partial charge is 0.397 e. The molecular formula is C15H16Cl2N2. The van der Waals surface area contributed by atoms with Crippen LogP contribution >= 0.6 is 23.2 Å². The van der Waals surface area contributed by atoms with E-state index in [1.54, 1.807) is 12.1 Å².